The number of ether oxygens (including phenoxy) is 2. The van der Waals surface area contributed by atoms with Gasteiger partial charge in [0.15, 0.2) is 5.75 Å². The van der Waals surface area contributed by atoms with Gasteiger partial charge in [-0.1, -0.05) is 6.08 Å². The lowest BCUT2D eigenvalue weighted by atomic mass is 10.1. The SMILES string of the molecule is C=CCNC(=O)N1CCN(C2=Nc3cc(C(F)(F)F)ccc3Oc3cc(OC)ccc32)CC1. The number of halogens is 3. The molecule has 0 atom stereocenters. The second kappa shape index (κ2) is 9.05. The van der Waals surface area contributed by atoms with Gasteiger partial charge in [0.05, 0.1) is 18.2 Å². The van der Waals surface area contributed by atoms with E-state index in [1.807, 2.05) is 4.90 Å². The van der Waals surface area contributed by atoms with Crippen molar-refractivity contribution in [3.05, 3.63) is 60.2 Å². The number of piperazine rings is 1. The molecule has 7 nitrogen and oxygen atoms in total. The van der Waals surface area contributed by atoms with Crippen molar-refractivity contribution in [1.82, 2.24) is 15.1 Å². The first-order valence-electron chi connectivity index (χ1n) is 10.3. The number of hydrogen-bond donors (Lipinski definition) is 1. The summed E-state index contributed by atoms with van der Waals surface area (Å²) in [7, 11) is 1.52. The summed E-state index contributed by atoms with van der Waals surface area (Å²) >= 11 is 0. The van der Waals surface area contributed by atoms with Gasteiger partial charge in [0.1, 0.15) is 23.0 Å². The van der Waals surface area contributed by atoms with E-state index in [-0.39, 0.29) is 17.5 Å². The fourth-order valence-corrected chi connectivity index (χ4v) is 3.69. The number of hydrogen-bond acceptors (Lipinski definition) is 5. The molecule has 174 valence electrons. The van der Waals surface area contributed by atoms with Crippen molar-refractivity contribution in [1.29, 1.82) is 0 Å². The summed E-state index contributed by atoms with van der Waals surface area (Å²) in [6.07, 6.45) is -2.90. The quantitative estimate of drug-likeness (QED) is 0.690. The molecule has 0 radical (unpaired) electrons. The maximum atomic E-state index is 13.3. The maximum absolute atomic E-state index is 13.3. The Morgan fingerprint density at radius 3 is 2.61 bits per heavy atom. The van der Waals surface area contributed by atoms with Gasteiger partial charge in [-0.3, -0.25) is 0 Å². The van der Waals surface area contributed by atoms with Crippen LogP contribution in [0.1, 0.15) is 11.1 Å². The molecular formula is C23H23F3N4O3. The molecule has 10 heteroatoms. The van der Waals surface area contributed by atoms with Crippen LogP contribution >= 0.6 is 0 Å². The third kappa shape index (κ3) is 4.74. The van der Waals surface area contributed by atoms with Crippen molar-refractivity contribution in [2.45, 2.75) is 6.18 Å². The number of alkyl halides is 3. The van der Waals surface area contributed by atoms with Crippen LogP contribution in [0.5, 0.6) is 17.2 Å². The summed E-state index contributed by atoms with van der Waals surface area (Å²) in [5.41, 5.74) is -0.0912. The lowest BCUT2D eigenvalue weighted by molar-refractivity contribution is -0.137. The molecule has 0 spiro atoms. The molecule has 2 amide bonds. The molecule has 1 N–H and O–H groups in total. The number of carbonyl (C=O) groups is 1. The van der Waals surface area contributed by atoms with E-state index in [4.69, 9.17) is 9.47 Å². The van der Waals surface area contributed by atoms with E-state index < -0.39 is 11.7 Å². The summed E-state index contributed by atoms with van der Waals surface area (Å²) < 4.78 is 51.2. The molecule has 2 aromatic rings. The number of nitrogens with one attached hydrogen (secondary N) is 1. The van der Waals surface area contributed by atoms with Gasteiger partial charge >= 0.3 is 12.2 Å². The Morgan fingerprint density at radius 1 is 1.18 bits per heavy atom. The second-order valence-electron chi connectivity index (χ2n) is 7.53. The molecular weight excluding hydrogens is 437 g/mol. The van der Waals surface area contributed by atoms with Crippen molar-refractivity contribution < 1.29 is 27.4 Å². The van der Waals surface area contributed by atoms with Crippen LogP contribution < -0.4 is 14.8 Å². The van der Waals surface area contributed by atoms with E-state index in [0.29, 0.717) is 55.6 Å². The van der Waals surface area contributed by atoms with Crippen molar-refractivity contribution >= 4 is 17.6 Å². The van der Waals surface area contributed by atoms with Crippen molar-refractivity contribution in [2.24, 2.45) is 4.99 Å². The summed E-state index contributed by atoms with van der Waals surface area (Å²) in [4.78, 5) is 20.5. The number of carbonyl (C=O) groups excluding carboxylic acids is 1. The molecule has 0 aromatic heterocycles. The lowest BCUT2D eigenvalue weighted by Crippen LogP contribution is -2.53. The van der Waals surface area contributed by atoms with E-state index in [1.165, 1.54) is 13.2 Å². The third-order valence-corrected chi connectivity index (χ3v) is 5.43. The zero-order valence-electron chi connectivity index (χ0n) is 18.0. The van der Waals surface area contributed by atoms with Crippen LogP contribution in [0.25, 0.3) is 0 Å². The van der Waals surface area contributed by atoms with E-state index in [9.17, 15) is 18.0 Å². The molecule has 2 aliphatic rings. The predicted octanol–water partition coefficient (Wildman–Crippen LogP) is 4.41. The number of fused-ring (bicyclic) bond motifs is 2. The Kier molecular flexibility index (Phi) is 6.17. The lowest BCUT2D eigenvalue weighted by Gasteiger charge is -2.36. The first kappa shape index (κ1) is 22.5. The number of amidine groups is 1. The Bertz CT molecular complexity index is 1090. The minimum atomic E-state index is -4.50. The minimum Gasteiger partial charge on any atom is -0.497 e. The number of urea groups is 1. The number of methoxy groups -OCH3 is 1. The Morgan fingerprint density at radius 2 is 1.94 bits per heavy atom. The second-order valence-corrected chi connectivity index (χ2v) is 7.53. The first-order valence-corrected chi connectivity index (χ1v) is 10.3. The van der Waals surface area contributed by atoms with Gasteiger partial charge in [0, 0.05) is 38.8 Å². The summed E-state index contributed by atoms with van der Waals surface area (Å²) in [6, 6.07) is 8.23. The highest BCUT2D eigenvalue weighted by Gasteiger charge is 2.33. The van der Waals surface area contributed by atoms with Crippen LogP contribution in [0.3, 0.4) is 0 Å². The third-order valence-electron chi connectivity index (χ3n) is 5.43. The van der Waals surface area contributed by atoms with Crippen LogP contribution in [0.2, 0.25) is 0 Å². The van der Waals surface area contributed by atoms with Crippen molar-refractivity contribution in [3.8, 4) is 17.2 Å². The van der Waals surface area contributed by atoms with Crippen LogP contribution in [0, 0.1) is 0 Å². The highest BCUT2D eigenvalue weighted by Crippen LogP contribution is 2.42. The van der Waals surface area contributed by atoms with Gasteiger partial charge in [-0.2, -0.15) is 13.2 Å². The molecule has 0 aliphatic carbocycles. The molecule has 1 fully saturated rings. The molecule has 33 heavy (non-hydrogen) atoms. The normalized spacial score (nSPS) is 15.5. The molecule has 1 saturated heterocycles. The number of amides is 2. The van der Waals surface area contributed by atoms with Crippen molar-refractivity contribution in [3.63, 3.8) is 0 Å². The standard InChI is InChI=1S/C23H23F3N4O3/c1-3-8-27-22(31)30-11-9-29(10-12-30)21-17-6-5-16(32-2)14-20(17)33-19-7-4-15(23(24,25)26)13-18(19)28-21/h3-7,13-14H,1,8-12H2,2H3,(H,27,31). The predicted molar refractivity (Wildman–Crippen MR) is 117 cm³/mol. The molecule has 2 heterocycles. The molecule has 4 rings (SSSR count). The fourth-order valence-electron chi connectivity index (χ4n) is 3.69. The Balaban J connectivity index is 1.69. The topological polar surface area (TPSA) is 66.4 Å². The zero-order chi connectivity index (χ0) is 23.6. The van der Waals surface area contributed by atoms with Gasteiger partial charge in [0.2, 0.25) is 0 Å². The van der Waals surface area contributed by atoms with E-state index in [0.717, 1.165) is 12.1 Å². The van der Waals surface area contributed by atoms with Crippen LogP contribution in [-0.2, 0) is 6.18 Å². The average molecular weight is 460 g/mol. The number of nitrogens with zero attached hydrogens (tertiary/aromatic N) is 3. The van der Waals surface area contributed by atoms with Gasteiger partial charge < -0.3 is 24.6 Å². The van der Waals surface area contributed by atoms with E-state index >= 15 is 0 Å². The van der Waals surface area contributed by atoms with Gasteiger partial charge in [-0.05, 0) is 30.3 Å². The number of benzene rings is 2. The van der Waals surface area contributed by atoms with E-state index in [2.05, 4.69) is 16.9 Å². The summed E-state index contributed by atoms with van der Waals surface area (Å²) in [5, 5.41) is 2.75. The molecule has 2 aliphatic heterocycles. The Hall–Kier alpha value is -3.69. The number of rotatable bonds is 3. The van der Waals surface area contributed by atoms with Crippen LogP contribution in [0.15, 0.2) is 54.0 Å². The zero-order valence-corrected chi connectivity index (χ0v) is 18.0. The first-order chi connectivity index (χ1) is 15.8. The van der Waals surface area contributed by atoms with Gasteiger partial charge in [0.25, 0.3) is 0 Å². The van der Waals surface area contributed by atoms with Gasteiger partial charge in [-0.25, -0.2) is 9.79 Å². The highest BCUT2D eigenvalue weighted by molar-refractivity contribution is 6.04. The number of aliphatic imine (C=N–C) groups is 1. The molecule has 2 aromatic carbocycles. The van der Waals surface area contributed by atoms with E-state index in [1.54, 1.807) is 29.2 Å². The largest absolute Gasteiger partial charge is 0.497 e. The fraction of sp³-hybridized carbons (Fsp3) is 0.304. The van der Waals surface area contributed by atoms with Crippen molar-refractivity contribution in [2.75, 3.05) is 39.8 Å². The summed E-state index contributed by atoms with van der Waals surface area (Å²) in [5.74, 6) is 1.68. The van der Waals surface area contributed by atoms with Gasteiger partial charge in [-0.15, -0.1) is 6.58 Å². The summed E-state index contributed by atoms with van der Waals surface area (Å²) in [6.45, 7) is 5.74. The van der Waals surface area contributed by atoms with Crippen LogP contribution in [-0.4, -0.2) is 61.5 Å². The molecule has 0 saturated carbocycles. The Labute approximate surface area is 189 Å². The maximum Gasteiger partial charge on any atom is 0.416 e. The molecule has 0 unspecified atom stereocenters. The molecule has 0 bridgehead atoms. The average Bonchev–Trinajstić information content (AvgIpc) is 2.97. The monoisotopic (exact) mass is 460 g/mol. The van der Waals surface area contributed by atoms with Crippen LogP contribution in [0.4, 0.5) is 23.7 Å². The highest BCUT2D eigenvalue weighted by atomic mass is 19.4. The smallest absolute Gasteiger partial charge is 0.416 e. The minimum absolute atomic E-state index is 0.0844.